The largest absolute Gasteiger partial charge is 0.359 e. The van der Waals surface area contributed by atoms with Gasteiger partial charge < -0.3 is 4.74 Å². The van der Waals surface area contributed by atoms with Crippen molar-refractivity contribution in [1.82, 2.24) is 4.72 Å². The summed E-state index contributed by atoms with van der Waals surface area (Å²) in [5.74, 6) is 0. The highest BCUT2D eigenvalue weighted by atomic mass is 35.5. The summed E-state index contributed by atoms with van der Waals surface area (Å²) in [5.41, 5.74) is 0.519. The average molecular weight is 409 g/mol. The molecule has 0 aliphatic rings. The summed E-state index contributed by atoms with van der Waals surface area (Å²) in [4.78, 5) is 0.0359. The predicted octanol–water partition coefficient (Wildman–Crippen LogP) is 4.31. The lowest BCUT2D eigenvalue weighted by atomic mass is 10.1. The minimum atomic E-state index is -3.89. The zero-order chi connectivity index (χ0) is 17.8. The van der Waals surface area contributed by atoms with E-state index in [2.05, 4.69) is 4.72 Å². The molecule has 0 spiro atoms. The summed E-state index contributed by atoms with van der Waals surface area (Å²) in [6.45, 7) is 1.94. The number of halogens is 3. The minimum absolute atomic E-state index is 0.0359. The van der Waals surface area contributed by atoms with Crippen LogP contribution in [0.1, 0.15) is 12.5 Å². The summed E-state index contributed by atoms with van der Waals surface area (Å²) >= 11 is 18.6. The van der Waals surface area contributed by atoms with Crippen molar-refractivity contribution < 1.29 is 13.2 Å². The topological polar surface area (TPSA) is 55.4 Å². The fraction of sp³-hybridized carbons (Fsp3) is 0.250. The number of benzene rings is 2. The molecule has 0 fully saturated rings. The van der Waals surface area contributed by atoms with Crippen molar-refractivity contribution in [3.63, 3.8) is 0 Å². The summed E-state index contributed by atoms with van der Waals surface area (Å²) < 4.78 is 31.4. The van der Waals surface area contributed by atoms with E-state index in [-0.39, 0.29) is 11.5 Å². The van der Waals surface area contributed by atoms with Gasteiger partial charge >= 0.3 is 0 Å². The Labute approximate surface area is 156 Å². The molecule has 0 saturated carbocycles. The molecular formula is C16H16Cl3NO3S. The molecule has 0 bridgehead atoms. The first-order valence-electron chi connectivity index (χ1n) is 7.10. The molecule has 0 aliphatic carbocycles. The van der Waals surface area contributed by atoms with Gasteiger partial charge in [-0.15, -0.1) is 0 Å². The first-order chi connectivity index (χ1) is 11.3. The molecule has 0 aromatic heterocycles. The third kappa shape index (κ3) is 4.63. The van der Waals surface area contributed by atoms with Crippen LogP contribution in [0.3, 0.4) is 0 Å². The summed E-state index contributed by atoms with van der Waals surface area (Å²) in [6.07, 6.45) is -1.17. The zero-order valence-electron chi connectivity index (χ0n) is 12.7. The SMILES string of the molecule is CCO[C@H](NS(=O)(=O)c1ccc(Cl)cc1)C(Cl)(Cl)c1ccccc1. The van der Waals surface area contributed by atoms with Crippen LogP contribution in [0.4, 0.5) is 0 Å². The molecule has 4 nitrogen and oxygen atoms in total. The van der Waals surface area contributed by atoms with Gasteiger partial charge in [0.05, 0.1) is 4.90 Å². The molecule has 0 amide bonds. The second kappa shape index (κ2) is 8.04. The van der Waals surface area contributed by atoms with Crippen LogP contribution in [-0.2, 0) is 19.1 Å². The molecule has 130 valence electrons. The van der Waals surface area contributed by atoms with E-state index in [1.54, 1.807) is 37.3 Å². The van der Waals surface area contributed by atoms with Crippen molar-refractivity contribution in [2.24, 2.45) is 0 Å². The monoisotopic (exact) mass is 407 g/mol. The van der Waals surface area contributed by atoms with Crippen LogP contribution in [0.5, 0.6) is 0 Å². The van der Waals surface area contributed by atoms with E-state index < -0.39 is 20.6 Å². The van der Waals surface area contributed by atoms with Gasteiger partial charge in [-0.3, -0.25) is 0 Å². The average Bonchev–Trinajstić information content (AvgIpc) is 2.55. The molecule has 0 saturated heterocycles. The van der Waals surface area contributed by atoms with Crippen molar-refractivity contribution >= 4 is 44.8 Å². The first-order valence-corrected chi connectivity index (χ1v) is 9.72. The number of hydrogen-bond donors (Lipinski definition) is 1. The van der Waals surface area contributed by atoms with Crippen LogP contribution in [-0.4, -0.2) is 21.3 Å². The van der Waals surface area contributed by atoms with Gasteiger partial charge in [0.2, 0.25) is 10.0 Å². The fourth-order valence-electron chi connectivity index (χ4n) is 2.01. The van der Waals surface area contributed by atoms with Crippen LogP contribution in [0, 0.1) is 0 Å². The van der Waals surface area contributed by atoms with Crippen molar-refractivity contribution in [2.45, 2.75) is 22.4 Å². The fourth-order valence-corrected chi connectivity index (χ4v) is 3.91. The number of nitrogens with one attached hydrogen (secondary N) is 1. The van der Waals surface area contributed by atoms with Gasteiger partial charge in [0.15, 0.2) is 10.6 Å². The Bertz CT molecular complexity index is 765. The summed E-state index contributed by atoms with van der Waals surface area (Å²) in [7, 11) is -3.89. The van der Waals surface area contributed by atoms with E-state index in [1.807, 2.05) is 0 Å². The normalized spacial score (nSPS) is 13.7. The van der Waals surface area contributed by atoms with Gasteiger partial charge in [-0.25, -0.2) is 8.42 Å². The lowest BCUT2D eigenvalue weighted by Gasteiger charge is -2.30. The smallest absolute Gasteiger partial charge is 0.242 e. The molecule has 2 aromatic rings. The summed E-state index contributed by atoms with van der Waals surface area (Å²) in [5, 5.41) is 0.434. The minimum Gasteiger partial charge on any atom is -0.359 e. The van der Waals surface area contributed by atoms with E-state index in [0.717, 1.165) is 0 Å². The third-order valence-corrected chi connectivity index (χ3v) is 5.71. The van der Waals surface area contributed by atoms with Crippen LogP contribution < -0.4 is 4.72 Å². The van der Waals surface area contributed by atoms with Crippen LogP contribution in [0.2, 0.25) is 5.02 Å². The second-order valence-corrected chi connectivity index (χ2v) is 8.44. The number of hydrogen-bond acceptors (Lipinski definition) is 3. The summed E-state index contributed by atoms with van der Waals surface area (Å²) in [6, 6.07) is 14.5. The van der Waals surface area contributed by atoms with E-state index in [4.69, 9.17) is 39.5 Å². The molecule has 2 aromatic carbocycles. The van der Waals surface area contributed by atoms with E-state index in [1.165, 1.54) is 24.3 Å². The van der Waals surface area contributed by atoms with Crippen LogP contribution in [0.25, 0.3) is 0 Å². The number of rotatable bonds is 7. The van der Waals surface area contributed by atoms with Crippen LogP contribution in [0.15, 0.2) is 59.5 Å². The van der Waals surface area contributed by atoms with Crippen molar-refractivity contribution in [3.05, 3.63) is 65.2 Å². The molecular weight excluding hydrogens is 393 g/mol. The predicted molar refractivity (Wildman–Crippen MR) is 97.0 cm³/mol. The van der Waals surface area contributed by atoms with E-state index in [0.29, 0.717) is 10.6 Å². The van der Waals surface area contributed by atoms with E-state index in [9.17, 15) is 8.42 Å². The van der Waals surface area contributed by atoms with Gasteiger partial charge in [0.1, 0.15) is 0 Å². The molecule has 0 radical (unpaired) electrons. The molecule has 1 N–H and O–H groups in total. The molecule has 2 rings (SSSR count). The molecule has 1 atom stereocenters. The van der Waals surface area contributed by atoms with Crippen molar-refractivity contribution in [1.29, 1.82) is 0 Å². The van der Waals surface area contributed by atoms with Crippen LogP contribution >= 0.6 is 34.8 Å². The lowest BCUT2D eigenvalue weighted by Crippen LogP contribution is -2.46. The Balaban J connectivity index is 2.32. The Hall–Kier alpha value is -0.820. The maximum Gasteiger partial charge on any atom is 0.242 e. The highest BCUT2D eigenvalue weighted by Gasteiger charge is 2.40. The number of alkyl halides is 2. The Morgan fingerprint density at radius 2 is 1.67 bits per heavy atom. The maximum atomic E-state index is 12.6. The first kappa shape index (κ1) is 19.5. The van der Waals surface area contributed by atoms with Gasteiger partial charge in [0.25, 0.3) is 0 Å². The highest BCUT2D eigenvalue weighted by molar-refractivity contribution is 7.89. The molecule has 0 aliphatic heterocycles. The molecule has 0 heterocycles. The molecule has 8 heteroatoms. The Morgan fingerprint density at radius 1 is 1.08 bits per heavy atom. The van der Waals surface area contributed by atoms with Gasteiger partial charge in [0, 0.05) is 11.6 Å². The lowest BCUT2D eigenvalue weighted by molar-refractivity contribution is 0.0423. The van der Waals surface area contributed by atoms with Gasteiger partial charge in [-0.05, 0) is 36.8 Å². The Morgan fingerprint density at radius 3 is 2.21 bits per heavy atom. The zero-order valence-corrected chi connectivity index (χ0v) is 15.8. The van der Waals surface area contributed by atoms with Crippen molar-refractivity contribution in [2.75, 3.05) is 6.61 Å². The van der Waals surface area contributed by atoms with Gasteiger partial charge in [-0.1, -0.05) is 65.1 Å². The molecule has 0 unspecified atom stereocenters. The van der Waals surface area contributed by atoms with Crippen molar-refractivity contribution in [3.8, 4) is 0 Å². The Kier molecular flexibility index (Phi) is 6.53. The second-order valence-electron chi connectivity index (χ2n) is 4.90. The third-order valence-electron chi connectivity index (χ3n) is 3.21. The quantitative estimate of drug-likeness (QED) is 0.548. The number of ether oxygens (including phenoxy) is 1. The maximum absolute atomic E-state index is 12.6. The standard InChI is InChI=1S/C16H16Cl3NO3S/c1-2-23-15(16(18,19)12-6-4-3-5-7-12)20-24(21,22)14-10-8-13(17)9-11-14/h3-11,15,20H,2H2,1H3/t15-/m0/s1. The molecule has 24 heavy (non-hydrogen) atoms. The number of sulfonamides is 1. The van der Waals surface area contributed by atoms with E-state index >= 15 is 0 Å². The van der Waals surface area contributed by atoms with Gasteiger partial charge in [-0.2, -0.15) is 4.72 Å². The highest BCUT2D eigenvalue weighted by Crippen LogP contribution is 2.38.